The van der Waals surface area contributed by atoms with Crippen LogP contribution in [0, 0.1) is 5.92 Å². The molecule has 0 aliphatic rings. The number of carbonyl (C=O) groups excluding carboxylic acids is 4. The Labute approximate surface area is 300 Å². The van der Waals surface area contributed by atoms with Crippen LogP contribution in [0.1, 0.15) is 61.7 Å². The minimum absolute atomic E-state index is 0.126. The minimum atomic E-state index is -1.57. The summed E-state index contributed by atoms with van der Waals surface area (Å²) in [7, 11) is 3.25. The molecule has 3 aromatic rings. The van der Waals surface area contributed by atoms with E-state index in [4.69, 9.17) is 9.47 Å². The molecule has 4 unspecified atom stereocenters. The van der Waals surface area contributed by atoms with Gasteiger partial charge in [0, 0.05) is 25.2 Å². The molecular formula is C39H52N4O8. The molecule has 4 amide bonds. The van der Waals surface area contributed by atoms with E-state index < -0.39 is 59.9 Å². The summed E-state index contributed by atoms with van der Waals surface area (Å²) in [4.78, 5) is 53.7. The molecule has 3 rings (SSSR count). The fourth-order valence-electron chi connectivity index (χ4n) is 5.40. The second kappa shape index (κ2) is 18.9. The Morgan fingerprint density at radius 3 is 1.69 bits per heavy atom. The van der Waals surface area contributed by atoms with Gasteiger partial charge in [-0.25, -0.2) is 9.59 Å². The van der Waals surface area contributed by atoms with Crippen LogP contribution < -0.4 is 16.0 Å². The third-order valence-corrected chi connectivity index (χ3v) is 8.04. The van der Waals surface area contributed by atoms with Crippen LogP contribution >= 0.6 is 0 Å². The molecular weight excluding hydrogens is 652 g/mol. The molecule has 0 heterocycles. The van der Waals surface area contributed by atoms with Gasteiger partial charge < -0.3 is 40.5 Å². The van der Waals surface area contributed by atoms with Crippen LogP contribution in [0.3, 0.4) is 0 Å². The van der Waals surface area contributed by atoms with Gasteiger partial charge in [0.15, 0.2) is 0 Å². The van der Waals surface area contributed by atoms with Crippen LogP contribution in [0.25, 0.3) is 0 Å². The van der Waals surface area contributed by atoms with Gasteiger partial charge in [0.25, 0.3) is 5.91 Å². The number of benzene rings is 3. The van der Waals surface area contributed by atoms with E-state index in [1.54, 1.807) is 73.0 Å². The number of hydrogen-bond donors (Lipinski definition) is 5. The van der Waals surface area contributed by atoms with Gasteiger partial charge in [-0.2, -0.15) is 0 Å². The summed E-state index contributed by atoms with van der Waals surface area (Å²) >= 11 is 0. The van der Waals surface area contributed by atoms with E-state index in [9.17, 15) is 29.4 Å². The van der Waals surface area contributed by atoms with Crippen molar-refractivity contribution in [1.29, 1.82) is 0 Å². The first kappa shape index (κ1) is 40.5. The molecule has 0 aliphatic heterocycles. The summed E-state index contributed by atoms with van der Waals surface area (Å²) in [6.45, 7) is 8.44. The number of carbonyl (C=O) groups is 4. The highest BCUT2D eigenvalue weighted by Gasteiger charge is 2.37. The monoisotopic (exact) mass is 704 g/mol. The lowest BCUT2D eigenvalue weighted by Crippen LogP contribution is -2.60. The number of ether oxygens (including phenoxy) is 2. The van der Waals surface area contributed by atoms with E-state index in [0.717, 1.165) is 11.1 Å². The summed E-state index contributed by atoms with van der Waals surface area (Å²) in [5, 5.41) is 31.5. The zero-order valence-corrected chi connectivity index (χ0v) is 30.5. The van der Waals surface area contributed by atoms with Crippen molar-refractivity contribution in [2.24, 2.45) is 5.92 Å². The van der Waals surface area contributed by atoms with Crippen LogP contribution in [-0.4, -0.2) is 89.1 Å². The van der Waals surface area contributed by atoms with Crippen LogP contribution in [-0.2, 0) is 33.7 Å². The maximum Gasteiger partial charge on any atom is 0.408 e. The molecule has 5 atom stereocenters. The molecule has 3 aromatic carbocycles. The van der Waals surface area contributed by atoms with Crippen molar-refractivity contribution in [3.05, 3.63) is 107 Å². The summed E-state index contributed by atoms with van der Waals surface area (Å²) in [6.07, 6.45) is -4.47. The summed E-state index contributed by atoms with van der Waals surface area (Å²) in [6, 6.07) is 21.9. The van der Waals surface area contributed by atoms with Crippen molar-refractivity contribution in [2.45, 2.75) is 90.0 Å². The Kier molecular flexibility index (Phi) is 15.0. The smallest absolute Gasteiger partial charge is 0.408 e. The lowest BCUT2D eigenvalue weighted by atomic mass is 9.90. The average molecular weight is 705 g/mol. The standard InChI is InChI=1S/C39H52N4O8/c1-25(2)32(42-37(48)50-24-28-20-14-15-21-29(28)36(47)43(6)7)35(46)40-30(22-26-16-10-8-11-17-26)33(44)34(45)31(23-27-18-12-9-13-19-27)41-38(49)51-39(3,4)5/h8-21,25,30-34,44-45H,22-24H2,1-7H3,(H,40,46)(H,41,49)(H,42,48)/t30?,31?,32-,33?,34?/m0/s1. The number of aliphatic hydroxyl groups is 2. The quantitative estimate of drug-likeness (QED) is 0.157. The van der Waals surface area contributed by atoms with Crippen molar-refractivity contribution in [3.8, 4) is 0 Å². The molecule has 51 heavy (non-hydrogen) atoms. The van der Waals surface area contributed by atoms with E-state index >= 15 is 0 Å². The second-order valence-electron chi connectivity index (χ2n) is 14.0. The number of amides is 4. The predicted octanol–water partition coefficient (Wildman–Crippen LogP) is 4.22. The van der Waals surface area contributed by atoms with Crippen molar-refractivity contribution in [2.75, 3.05) is 14.1 Å². The number of alkyl carbamates (subject to hydrolysis) is 2. The molecule has 0 bridgehead atoms. The average Bonchev–Trinajstić information content (AvgIpc) is 3.08. The Balaban J connectivity index is 1.82. The van der Waals surface area contributed by atoms with E-state index in [1.165, 1.54) is 4.90 Å². The number of nitrogens with zero attached hydrogens (tertiary/aromatic N) is 1. The van der Waals surface area contributed by atoms with Crippen LogP contribution in [0.2, 0.25) is 0 Å². The molecule has 0 fully saturated rings. The van der Waals surface area contributed by atoms with Gasteiger partial charge in [0.05, 0.1) is 12.1 Å². The first-order chi connectivity index (χ1) is 24.1. The SMILES string of the molecule is CC(C)[C@H](NC(=O)OCc1ccccc1C(=O)N(C)C)C(=O)NC(Cc1ccccc1)C(O)C(O)C(Cc1ccccc1)NC(=O)OC(C)(C)C. The van der Waals surface area contributed by atoms with Crippen molar-refractivity contribution in [1.82, 2.24) is 20.9 Å². The Bertz CT molecular complexity index is 1580. The Morgan fingerprint density at radius 2 is 1.20 bits per heavy atom. The molecule has 0 spiro atoms. The van der Waals surface area contributed by atoms with Crippen LogP contribution in [0.4, 0.5) is 9.59 Å². The van der Waals surface area contributed by atoms with Gasteiger partial charge in [0.1, 0.15) is 30.5 Å². The molecule has 276 valence electrons. The fourth-order valence-corrected chi connectivity index (χ4v) is 5.40. The summed E-state index contributed by atoms with van der Waals surface area (Å²) < 4.78 is 10.9. The predicted molar refractivity (Wildman–Crippen MR) is 194 cm³/mol. The molecule has 5 N–H and O–H groups in total. The molecule has 0 saturated carbocycles. The van der Waals surface area contributed by atoms with Gasteiger partial charge in [-0.3, -0.25) is 9.59 Å². The van der Waals surface area contributed by atoms with E-state index in [-0.39, 0.29) is 25.4 Å². The number of nitrogens with one attached hydrogen (secondary N) is 3. The molecule has 12 nitrogen and oxygen atoms in total. The minimum Gasteiger partial charge on any atom is -0.445 e. The van der Waals surface area contributed by atoms with Gasteiger partial charge in [-0.05, 0) is 56.7 Å². The Morgan fingerprint density at radius 1 is 0.706 bits per heavy atom. The van der Waals surface area contributed by atoms with Crippen LogP contribution in [0.15, 0.2) is 84.9 Å². The van der Waals surface area contributed by atoms with Gasteiger partial charge in [-0.1, -0.05) is 92.7 Å². The van der Waals surface area contributed by atoms with E-state index in [1.807, 2.05) is 60.7 Å². The maximum absolute atomic E-state index is 13.8. The zero-order chi connectivity index (χ0) is 37.7. The van der Waals surface area contributed by atoms with Gasteiger partial charge >= 0.3 is 12.2 Å². The number of hydrogen-bond acceptors (Lipinski definition) is 8. The fraction of sp³-hybridized carbons (Fsp3) is 0.436. The highest BCUT2D eigenvalue weighted by molar-refractivity contribution is 5.95. The van der Waals surface area contributed by atoms with Crippen molar-refractivity contribution >= 4 is 24.0 Å². The molecule has 0 aliphatic carbocycles. The topological polar surface area (TPSA) is 167 Å². The van der Waals surface area contributed by atoms with Gasteiger partial charge in [0.2, 0.25) is 5.91 Å². The van der Waals surface area contributed by atoms with Crippen LogP contribution in [0.5, 0.6) is 0 Å². The first-order valence-electron chi connectivity index (χ1n) is 17.0. The third kappa shape index (κ3) is 13.0. The largest absolute Gasteiger partial charge is 0.445 e. The summed E-state index contributed by atoms with van der Waals surface area (Å²) in [5.41, 5.74) is 1.65. The maximum atomic E-state index is 13.8. The summed E-state index contributed by atoms with van der Waals surface area (Å²) in [5.74, 6) is -1.26. The first-order valence-corrected chi connectivity index (χ1v) is 17.0. The van der Waals surface area contributed by atoms with E-state index in [0.29, 0.717) is 11.1 Å². The van der Waals surface area contributed by atoms with Crippen molar-refractivity contribution in [3.63, 3.8) is 0 Å². The molecule has 0 saturated heterocycles. The Hall–Kier alpha value is -4.94. The zero-order valence-electron chi connectivity index (χ0n) is 30.5. The number of rotatable bonds is 15. The van der Waals surface area contributed by atoms with E-state index in [2.05, 4.69) is 16.0 Å². The lowest BCUT2D eigenvalue weighted by Gasteiger charge is -2.34. The highest BCUT2D eigenvalue weighted by Crippen LogP contribution is 2.18. The normalized spacial score (nSPS) is 14.3. The highest BCUT2D eigenvalue weighted by atomic mass is 16.6. The van der Waals surface area contributed by atoms with Crippen molar-refractivity contribution < 1.29 is 38.9 Å². The molecule has 0 aromatic heterocycles. The number of aliphatic hydroxyl groups excluding tert-OH is 2. The molecule has 0 radical (unpaired) electrons. The third-order valence-electron chi connectivity index (χ3n) is 8.04. The second-order valence-corrected chi connectivity index (χ2v) is 14.0. The lowest BCUT2D eigenvalue weighted by molar-refractivity contribution is -0.126. The molecule has 12 heteroatoms. The van der Waals surface area contributed by atoms with Gasteiger partial charge in [-0.15, -0.1) is 0 Å².